The summed E-state index contributed by atoms with van der Waals surface area (Å²) in [4.78, 5) is 2.40. The van der Waals surface area contributed by atoms with Gasteiger partial charge < -0.3 is 10.2 Å². The third kappa shape index (κ3) is 3.49. The molecule has 0 aromatic heterocycles. The van der Waals surface area contributed by atoms with Crippen LogP contribution in [0.4, 0.5) is 5.69 Å². The SMILES string of the molecule is CCN(CCNC1CC1)c1ccc(Br)cc1. The Balaban J connectivity index is 1.84. The molecule has 1 saturated carbocycles. The van der Waals surface area contributed by atoms with Gasteiger partial charge in [-0.1, -0.05) is 15.9 Å². The van der Waals surface area contributed by atoms with E-state index in [4.69, 9.17) is 0 Å². The van der Waals surface area contributed by atoms with Gasteiger partial charge in [-0.3, -0.25) is 0 Å². The van der Waals surface area contributed by atoms with E-state index >= 15 is 0 Å². The van der Waals surface area contributed by atoms with Gasteiger partial charge in [0.15, 0.2) is 0 Å². The zero-order chi connectivity index (χ0) is 11.4. The van der Waals surface area contributed by atoms with Crippen molar-refractivity contribution < 1.29 is 0 Å². The zero-order valence-corrected chi connectivity index (χ0v) is 11.3. The molecule has 0 heterocycles. The predicted molar refractivity (Wildman–Crippen MR) is 73.1 cm³/mol. The fourth-order valence-electron chi connectivity index (χ4n) is 1.81. The molecule has 0 spiro atoms. The van der Waals surface area contributed by atoms with Crippen LogP contribution in [0.2, 0.25) is 0 Å². The Bertz CT molecular complexity index is 319. The van der Waals surface area contributed by atoms with Crippen molar-refractivity contribution in [3.63, 3.8) is 0 Å². The Hall–Kier alpha value is -0.540. The Kier molecular flexibility index (Phi) is 4.24. The van der Waals surface area contributed by atoms with Gasteiger partial charge in [0.2, 0.25) is 0 Å². The smallest absolute Gasteiger partial charge is 0.0367 e. The molecule has 0 aliphatic heterocycles. The van der Waals surface area contributed by atoms with E-state index in [1.165, 1.54) is 18.5 Å². The highest BCUT2D eigenvalue weighted by Gasteiger charge is 2.19. The largest absolute Gasteiger partial charge is 0.371 e. The standard InChI is InChI=1S/C13H19BrN2/c1-2-16(10-9-15-12-5-6-12)13-7-3-11(14)4-8-13/h3-4,7-8,12,15H,2,5-6,9-10H2,1H3. The molecule has 1 N–H and O–H groups in total. The minimum absolute atomic E-state index is 0.809. The van der Waals surface area contributed by atoms with Crippen LogP contribution in [0, 0.1) is 0 Å². The molecule has 0 unspecified atom stereocenters. The maximum atomic E-state index is 3.55. The summed E-state index contributed by atoms with van der Waals surface area (Å²) in [7, 11) is 0. The molecule has 0 radical (unpaired) electrons. The predicted octanol–water partition coefficient (Wildman–Crippen LogP) is 3.03. The van der Waals surface area contributed by atoms with E-state index in [1.807, 2.05) is 0 Å². The van der Waals surface area contributed by atoms with Gasteiger partial charge in [0.05, 0.1) is 0 Å². The third-order valence-corrected chi connectivity index (χ3v) is 3.49. The summed E-state index contributed by atoms with van der Waals surface area (Å²) >= 11 is 3.47. The van der Waals surface area contributed by atoms with Crippen molar-refractivity contribution in [1.82, 2.24) is 5.32 Å². The topological polar surface area (TPSA) is 15.3 Å². The first kappa shape index (κ1) is 11.9. The third-order valence-electron chi connectivity index (χ3n) is 2.97. The van der Waals surface area contributed by atoms with Crippen LogP contribution in [-0.2, 0) is 0 Å². The molecule has 3 heteroatoms. The molecule has 1 aromatic carbocycles. The van der Waals surface area contributed by atoms with Gasteiger partial charge in [0.1, 0.15) is 0 Å². The van der Waals surface area contributed by atoms with Gasteiger partial charge in [-0.15, -0.1) is 0 Å². The minimum Gasteiger partial charge on any atom is -0.371 e. The summed E-state index contributed by atoms with van der Waals surface area (Å²) in [5.41, 5.74) is 1.31. The number of halogens is 1. The lowest BCUT2D eigenvalue weighted by molar-refractivity contribution is 0.661. The molecule has 1 aromatic rings. The second-order valence-electron chi connectivity index (χ2n) is 4.28. The number of nitrogens with one attached hydrogen (secondary N) is 1. The number of hydrogen-bond donors (Lipinski definition) is 1. The van der Waals surface area contributed by atoms with Crippen LogP contribution in [0.1, 0.15) is 19.8 Å². The van der Waals surface area contributed by atoms with Crippen LogP contribution in [0.25, 0.3) is 0 Å². The van der Waals surface area contributed by atoms with Crippen LogP contribution in [0.3, 0.4) is 0 Å². The highest BCUT2D eigenvalue weighted by molar-refractivity contribution is 9.10. The van der Waals surface area contributed by atoms with Gasteiger partial charge in [-0.05, 0) is 44.0 Å². The quantitative estimate of drug-likeness (QED) is 0.863. The number of benzene rings is 1. The van der Waals surface area contributed by atoms with Crippen molar-refractivity contribution in [2.24, 2.45) is 0 Å². The zero-order valence-electron chi connectivity index (χ0n) is 9.75. The van der Waals surface area contributed by atoms with Crippen molar-refractivity contribution in [2.75, 3.05) is 24.5 Å². The van der Waals surface area contributed by atoms with Gasteiger partial charge in [-0.2, -0.15) is 0 Å². The normalized spacial score (nSPS) is 15.1. The summed E-state index contributed by atoms with van der Waals surface area (Å²) in [5.74, 6) is 0. The van der Waals surface area contributed by atoms with E-state index in [-0.39, 0.29) is 0 Å². The molecule has 2 nitrogen and oxygen atoms in total. The molecular weight excluding hydrogens is 264 g/mol. The van der Waals surface area contributed by atoms with E-state index < -0.39 is 0 Å². The van der Waals surface area contributed by atoms with Crippen LogP contribution in [0.5, 0.6) is 0 Å². The summed E-state index contributed by atoms with van der Waals surface area (Å²) in [6, 6.07) is 9.36. The second kappa shape index (κ2) is 5.69. The van der Waals surface area contributed by atoms with Gasteiger partial charge in [0, 0.05) is 35.8 Å². The minimum atomic E-state index is 0.809. The molecule has 1 aliphatic rings. The summed E-state index contributed by atoms with van der Waals surface area (Å²) in [5, 5.41) is 3.55. The van der Waals surface area contributed by atoms with Crippen molar-refractivity contribution >= 4 is 21.6 Å². The van der Waals surface area contributed by atoms with Crippen LogP contribution < -0.4 is 10.2 Å². The highest BCUT2D eigenvalue weighted by atomic mass is 79.9. The molecule has 16 heavy (non-hydrogen) atoms. The Morgan fingerprint density at radius 2 is 2.00 bits per heavy atom. The molecule has 1 fully saturated rings. The van der Waals surface area contributed by atoms with Crippen molar-refractivity contribution in [3.05, 3.63) is 28.7 Å². The summed E-state index contributed by atoms with van der Waals surface area (Å²) in [6.07, 6.45) is 2.73. The average Bonchev–Trinajstić information content (AvgIpc) is 3.10. The van der Waals surface area contributed by atoms with Crippen LogP contribution in [0.15, 0.2) is 28.7 Å². The lowest BCUT2D eigenvalue weighted by Crippen LogP contribution is -2.32. The Morgan fingerprint density at radius 1 is 1.31 bits per heavy atom. The van der Waals surface area contributed by atoms with Gasteiger partial charge in [-0.25, -0.2) is 0 Å². The molecule has 1 aliphatic carbocycles. The van der Waals surface area contributed by atoms with E-state index in [1.54, 1.807) is 0 Å². The van der Waals surface area contributed by atoms with Gasteiger partial charge >= 0.3 is 0 Å². The monoisotopic (exact) mass is 282 g/mol. The maximum absolute atomic E-state index is 3.55. The van der Waals surface area contributed by atoms with E-state index in [0.717, 1.165) is 30.1 Å². The highest BCUT2D eigenvalue weighted by Crippen LogP contribution is 2.19. The lowest BCUT2D eigenvalue weighted by atomic mass is 10.3. The first-order valence-electron chi connectivity index (χ1n) is 6.03. The first-order valence-corrected chi connectivity index (χ1v) is 6.83. The number of anilines is 1. The molecule has 88 valence electrons. The van der Waals surface area contributed by atoms with Crippen molar-refractivity contribution in [1.29, 1.82) is 0 Å². The molecule has 0 amide bonds. The number of rotatable bonds is 6. The van der Waals surface area contributed by atoms with Crippen LogP contribution >= 0.6 is 15.9 Å². The average molecular weight is 283 g/mol. The summed E-state index contributed by atoms with van der Waals surface area (Å²) < 4.78 is 1.14. The van der Waals surface area contributed by atoms with Crippen LogP contribution in [-0.4, -0.2) is 25.7 Å². The van der Waals surface area contributed by atoms with E-state index in [9.17, 15) is 0 Å². The lowest BCUT2D eigenvalue weighted by Gasteiger charge is -2.23. The second-order valence-corrected chi connectivity index (χ2v) is 5.20. The maximum Gasteiger partial charge on any atom is 0.0367 e. The molecule has 0 bridgehead atoms. The van der Waals surface area contributed by atoms with Crippen molar-refractivity contribution in [3.8, 4) is 0 Å². The Morgan fingerprint density at radius 3 is 2.56 bits per heavy atom. The Labute approximate surface area is 106 Å². The summed E-state index contributed by atoms with van der Waals surface area (Å²) in [6.45, 7) is 5.45. The first-order chi connectivity index (χ1) is 7.79. The number of hydrogen-bond acceptors (Lipinski definition) is 2. The number of nitrogens with zero attached hydrogens (tertiary/aromatic N) is 1. The van der Waals surface area contributed by atoms with Gasteiger partial charge in [0.25, 0.3) is 0 Å². The fraction of sp³-hybridized carbons (Fsp3) is 0.538. The van der Waals surface area contributed by atoms with E-state index in [2.05, 4.69) is 57.3 Å². The van der Waals surface area contributed by atoms with E-state index in [0.29, 0.717) is 0 Å². The molecule has 2 rings (SSSR count). The van der Waals surface area contributed by atoms with Crippen molar-refractivity contribution in [2.45, 2.75) is 25.8 Å². The fourth-order valence-corrected chi connectivity index (χ4v) is 2.08. The molecule has 0 atom stereocenters. The molecule has 0 saturated heterocycles. The number of likely N-dealkylation sites (N-methyl/N-ethyl adjacent to an activating group) is 1. The molecular formula is C13H19BrN2.